The van der Waals surface area contributed by atoms with E-state index < -0.39 is 16.1 Å². The van der Waals surface area contributed by atoms with Gasteiger partial charge in [-0.3, -0.25) is 0 Å². The van der Waals surface area contributed by atoms with Crippen LogP contribution in [0.2, 0.25) is 39.3 Å². The molecular weight excluding hydrogens is 202 g/mol. The normalized spacial score (nSPS) is 30.4. The molecule has 1 aliphatic rings. The molecular formula is C11H27NSi2. The summed E-state index contributed by atoms with van der Waals surface area (Å²) in [5.41, 5.74) is 1.74. The van der Waals surface area contributed by atoms with Crippen LogP contribution in [0.3, 0.4) is 0 Å². The second-order valence-electron chi connectivity index (χ2n) is 6.93. The summed E-state index contributed by atoms with van der Waals surface area (Å²) in [7, 11) is -1.93. The van der Waals surface area contributed by atoms with Gasteiger partial charge in [0.15, 0.2) is 0 Å². The second-order valence-corrected chi connectivity index (χ2v) is 17.8. The van der Waals surface area contributed by atoms with Crippen molar-refractivity contribution in [3.8, 4) is 0 Å². The van der Waals surface area contributed by atoms with Gasteiger partial charge < -0.3 is 5.32 Å². The van der Waals surface area contributed by atoms with Crippen LogP contribution in [0.25, 0.3) is 0 Å². The van der Waals surface area contributed by atoms with Crippen molar-refractivity contribution in [2.45, 2.75) is 69.9 Å². The van der Waals surface area contributed by atoms with Crippen molar-refractivity contribution in [3.05, 3.63) is 0 Å². The van der Waals surface area contributed by atoms with E-state index >= 15 is 0 Å². The molecule has 1 saturated heterocycles. The Morgan fingerprint density at radius 2 is 1.14 bits per heavy atom. The maximum atomic E-state index is 3.96. The van der Waals surface area contributed by atoms with Crippen LogP contribution in [-0.2, 0) is 0 Å². The highest BCUT2D eigenvalue weighted by Crippen LogP contribution is 2.25. The Morgan fingerprint density at radius 1 is 0.786 bits per heavy atom. The van der Waals surface area contributed by atoms with Crippen LogP contribution in [0.15, 0.2) is 0 Å². The first-order valence-corrected chi connectivity index (χ1v) is 13.1. The van der Waals surface area contributed by atoms with Crippen molar-refractivity contribution in [1.82, 2.24) is 5.32 Å². The molecule has 0 amide bonds. The van der Waals surface area contributed by atoms with E-state index in [4.69, 9.17) is 0 Å². The lowest BCUT2D eigenvalue weighted by Crippen LogP contribution is -2.61. The number of rotatable bonds is 2. The smallest absolute Gasteiger partial charge is 0.0635 e. The molecule has 0 aliphatic carbocycles. The third-order valence-electron chi connectivity index (χ3n) is 3.48. The minimum absolute atomic E-state index is 0.868. The summed E-state index contributed by atoms with van der Waals surface area (Å²) in [6, 6.07) is 0. The number of piperidine rings is 1. The zero-order valence-corrected chi connectivity index (χ0v) is 12.8. The third kappa shape index (κ3) is 3.21. The molecule has 84 valence electrons. The van der Waals surface area contributed by atoms with Crippen molar-refractivity contribution in [1.29, 1.82) is 0 Å². The van der Waals surface area contributed by atoms with E-state index in [1.165, 1.54) is 19.3 Å². The molecule has 0 saturated carbocycles. The Labute approximate surface area is 91.7 Å². The minimum atomic E-state index is -0.966. The predicted molar refractivity (Wildman–Crippen MR) is 71.3 cm³/mol. The lowest BCUT2D eigenvalue weighted by molar-refractivity contribution is 0.432. The molecule has 1 nitrogen and oxygen atoms in total. The molecule has 1 fully saturated rings. The maximum absolute atomic E-state index is 3.96. The zero-order valence-electron chi connectivity index (χ0n) is 10.8. The molecule has 3 heteroatoms. The van der Waals surface area contributed by atoms with Gasteiger partial charge in [-0.2, -0.15) is 0 Å². The SMILES string of the molecule is C[Si](C)(C)C1CCCC([Si](C)(C)C)N1. The summed E-state index contributed by atoms with van der Waals surface area (Å²) < 4.78 is 0. The highest BCUT2D eigenvalue weighted by Gasteiger charge is 2.36. The van der Waals surface area contributed by atoms with Crippen LogP contribution in [0.5, 0.6) is 0 Å². The van der Waals surface area contributed by atoms with Crippen LogP contribution in [0, 0.1) is 0 Å². The highest BCUT2D eigenvalue weighted by atomic mass is 28.3. The van der Waals surface area contributed by atoms with Gasteiger partial charge in [-0.25, -0.2) is 0 Å². The molecule has 2 atom stereocenters. The monoisotopic (exact) mass is 229 g/mol. The summed E-state index contributed by atoms with van der Waals surface area (Å²) >= 11 is 0. The average Bonchev–Trinajstić information content (AvgIpc) is 2.01. The number of nitrogens with one attached hydrogen (secondary N) is 1. The van der Waals surface area contributed by atoms with E-state index in [-0.39, 0.29) is 0 Å². The Hall–Kier alpha value is 0.394. The van der Waals surface area contributed by atoms with Gasteiger partial charge in [-0.1, -0.05) is 45.7 Å². The molecule has 1 heterocycles. The van der Waals surface area contributed by atoms with Gasteiger partial charge in [0, 0.05) is 0 Å². The Kier molecular flexibility index (Phi) is 3.65. The van der Waals surface area contributed by atoms with E-state index in [1.807, 2.05) is 0 Å². The first-order valence-electron chi connectivity index (χ1n) is 5.97. The molecule has 0 aromatic rings. The van der Waals surface area contributed by atoms with E-state index in [1.54, 1.807) is 0 Å². The van der Waals surface area contributed by atoms with E-state index in [0.29, 0.717) is 0 Å². The van der Waals surface area contributed by atoms with Crippen LogP contribution < -0.4 is 5.32 Å². The van der Waals surface area contributed by atoms with Gasteiger partial charge in [-0.05, 0) is 24.2 Å². The second kappa shape index (κ2) is 4.10. The van der Waals surface area contributed by atoms with Gasteiger partial charge in [-0.15, -0.1) is 0 Å². The zero-order chi connectivity index (χ0) is 11.0. The molecule has 0 spiro atoms. The third-order valence-corrected chi connectivity index (χ3v) is 8.57. The van der Waals surface area contributed by atoms with Crippen molar-refractivity contribution in [2.75, 3.05) is 0 Å². The molecule has 0 bridgehead atoms. The Bertz CT molecular complexity index is 170. The molecule has 0 radical (unpaired) electrons. The molecule has 2 unspecified atom stereocenters. The summed E-state index contributed by atoms with van der Waals surface area (Å²) in [5, 5.41) is 3.96. The van der Waals surface area contributed by atoms with Crippen LogP contribution in [0.4, 0.5) is 0 Å². The van der Waals surface area contributed by atoms with Crippen molar-refractivity contribution in [2.24, 2.45) is 0 Å². The largest absolute Gasteiger partial charge is 0.316 e. The van der Waals surface area contributed by atoms with Gasteiger partial charge >= 0.3 is 0 Å². The molecule has 1 N–H and O–H groups in total. The van der Waals surface area contributed by atoms with Crippen molar-refractivity contribution < 1.29 is 0 Å². The Balaban J connectivity index is 2.61. The van der Waals surface area contributed by atoms with Crippen LogP contribution >= 0.6 is 0 Å². The lowest BCUT2D eigenvalue weighted by atomic mass is 10.2. The van der Waals surface area contributed by atoms with E-state index in [9.17, 15) is 0 Å². The minimum Gasteiger partial charge on any atom is -0.316 e. The average molecular weight is 230 g/mol. The molecule has 14 heavy (non-hydrogen) atoms. The lowest BCUT2D eigenvalue weighted by Gasteiger charge is -2.42. The van der Waals surface area contributed by atoms with E-state index in [0.717, 1.165) is 11.3 Å². The molecule has 1 aliphatic heterocycles. The van der Waals surface area contributed by atoms with Gasteiger partial charge in [0.05, 0.1) is 16.1 Å². The maximum Gasteiger partial charge on any atom is 0.0635 e. The summed E-state index contributed by atoms with van der Waals surface area (Å²) in [5.74, 6) is 0. The van der Waals surface area contributed by atoms with Gasteiger partial charge in [0.2, 0.25) is 0 Å². The van der Waals surface area contributed by atoms with E-state index in [2.05, 4.69) is 44.6 Å². The molecule has 0 aromatic heterocycles. The summed E-state index contributed by atoms with van der Waals surface area (Å²) in [6.45, 7) is 15.0. The predicted octanol–water partition coefficient (Wildman–Crippen LogP) is 3.25. The molecule has 0 aromatic carbocycles. The first kappa shape index (κ1) is 12.5. The van der Waals surface area contributed by atoms with Crippen molar-refractivity contribution >= 4 is 16.1 Å². The summed E-state index contributed by atoms with van der Waals surface area (Å²) in [4.78, 5) is 0. The molecule has 1 rings (SSSR count). The number of hydrogen-bond donors (Lipinski definition) is 1. The fourth-order valence-corrected chi connectivity index (χ4v) is 6.01. The fraction of sp³-hybridized carbons (Fsp3) is 1.00. The first-order chi connectivity index (χ1) is 6.21. The quantitative estimate of drug-likeness (QED) is 0.717. The van der Waals surface area contributed by atoms with Crippen LogP contribution in [0.1, 0.15) is 19.3 Å². The fourth-order valence-electron chi connectivity index (χ4n) is 2.30. The summed E-state index contributed by atoms with van der Waals surface area (Å²) in [6.07, 6.45) is 4.31. The van der Waals surface area contributed by atoms with Crippen molar-refractivity contribution in [3.63, 3.8) is 0 Å². The Morgan fingerprint density at radius 3 is 1.43 bits per heavy atom. The van der Waals surface area contributed by atoms with Gasteiger partial charge in [0.1, 0.15) is 0 Å². The standard InChI is InChI=1S/C11H27NSi2/c1-13(2,3)10-8-7-9-11(12-10)14(4,5)6/h10-12H,7-9H2,1-6H3. The topological polar surface area (TPSA) is 12.0 Å². The van der Waals surface area contributed by atoms with Crippen LogP contribution in [-0.4, -0.2) is 27.5 Å². The van der Waals surface area contributed by atoms with Gasteiger partial charge in [0.25, 0.3) is 0 Å². The number of hydrogen-bond acceptors (Lipinski definition) is 1. The highest BCUT2D eigenvalue weighted by molar-refractivity contribution is 6.79.